The number of benzene rings is 1. The molecule has 2 heterocycles. The van der Waals surface area contributed by atoms with Crippen molar-refractivity contribution in [3.05, 3.63) is 41.5 Å². The zero-order valence-electron chi connectivity index (χ0n) is 17.7. The van der Waals surface area contributed by atoms with Gasteiger partial charge < -0.3 is 15.5 Å². The minimum atomic E-state index is -3.04. The monoisotopic (exact) mass is 486 g/mol. The summed E-state index contributed by atoms with van der Waals surface area (Å²) < 4.78 is 67.1. The summed E-state index contributed by atoms with van der Waals surface area (Å²) in [6.45, 7) is 1.50. The Morgan fingerprint density at radius 3 is 2.35 bits per heavy atom. The van der Waals surface area contributed by atoms with Gasteiger partial charge in [0.25, 0.3) is 5.92 Å². The number of rotatable bonds is 4. The molecule has 182 valence electrons. The molecule has 1 saturated carbocycles. The molecular weight excluding hydrogens is 467 g/mol. The molecule has 2 atom stereocenters. The van der Waals surface area contributed by atoms with Crippen LogP contribution in [-0.2, 0) is 19.9 Å². The Morgan fingerprint density at radius 2 is 1.79 bits per heavy atom. The fourth-order valence-electron chi connectivity index (χ4n) is 4.44. The molecule has 4 rings (SSSR count). The average Bonchev–Trinajstić information content (AvgIpc) is 3.40. The average molecular weight is 486 g/mol. The van der Waals surface area contributed by atoms with Gasteiger partial charge in [-0.05, 0) is 13.3 Å². The van der Waals surface area contributed by atoms with Gasteiger partial charge >= 0.3 is 11.8 Å². The van der Waals surface area contributed by atoms with Crippen molar-refractivity contribution in [1.82, 2.24) is 25.6 Å². The summed E-state index contributed by atoms with van der Waals surface area (Å²) in [5, 5.41) is 14.1. The molecule has 1 aromatic heterocycles. The van der Waals surface area contributed by atoms with Gasteiger partial charge in [0.15, 0.2) is 17.5 Å². The standard InChI is InChI=1S/C20H19F5N6O3/c1-9-11(16(32)27-10-4-12(21)15(23)13(22)5-10)2-3-31(9)18(34)17(33)28-19(7-20(24,25)8-19)14-6-26-30-29-14/h4-6,9,11H,2-3,7-8H2,1H3,(H,27,32)(H,28,33)(H,26,29,30)/t9-,11+/m0/s1. The van der Waals surface area contributed by atoms with E-state index in [-0.39, 0.29) is 24.3 Å². The van der Waals surface area contributed by atoms with Crippen molar-refractivity contribution in [3.63, 3.8) is 0 Å². The molecule has 3 amide bonds. The van der Waals surface area contributed by atoms with Gasteiger partial charge in [-0.2, -0.15) is 0 Å². The van der Waals surface area contributed by atoms with E-state index in [0.29, 0.717) is 12.1 Å². The Balaban J connectivity index is 1.42. The largest absolute Gasteiger partial charge is 0.336 e. The topological polar surface area (TPSA) is 120 Å². The predicted molar refractivity (Wildman–Crippen MR) is 105 cm³/mol. The van der Waals surface area contributed by atoms with E-state index in [1.54, 1.807) is 0 Å². The third kappa shape index (κ3) is 4.19. The molecule has 0 unspecified atom stereocenters. The number of nitrogens with one attached hydrogen (secondary N) is 3. The molecule has 0 radical (unpaired) electrons. The van der Waals surface area contributed by atoms with E-state index in [1.165, 1.54) is 13.1 Å². The van der Waals surface area contributed by atoms with E-state index in [0.717, 1.165) is 4.90 Å². The van der Waals surface area contributed by atoms with Gasteiger partial charge in [0.1, 0.15) is 5.69 Å². The number of hydrogen-bond acceptors (Lipinski definition) is 5. The first kappa shape index (κ1) is 23.6. The third-order valence-electron chi connectivity index (χ3n) is 6.18. The maximum absolute atomic E-state index is 13.6. The molecular formula is C20H19F5N6O3. The van der Waals surface area contributed by atoms with Crippen LogP contribution in [0.2, 0.25) is 0 Å². The third-order valence-corrected chi connectivity index (χ3v) is 6.18. The second-order valence-corrected chi connectivity index (χ2v) is 8.48. The number of alkyl halides is 2. The molecule has 1 aliphatic heterocycles. The molecule has 1 aromatic carbocycles. The Kier molecular flexibility index (Phi) is 5.77. The quantitative estimate of drug-likeness (QED) is 0.346. The van der Waals surface area contributed by atoms with Crippen LogP contribution >= 0.6 is 0 Å². The zero-order valence-corrected chi connectivity index (χ0v) is 17.7. The Hall–Kier alpha value is -3.58. The first-order chi connectivity index (χ1) is 15.9. The SMILES string of the molecule is C[C@H]1[C@H](C(=O)Nc2cc(F)c(F)c(F)c2)CCN1C(=O)C(=O)NC1(c2c[nH]nn2)CC(F)(F)C1. The summed E-state index contributed by atoms with van der Waals surface area (Å²) in [6.07, 6.45) is -0.126. The lowest BCUT2D eigenvalue weighted by Gasteiger charge is -2.46. The smallest absolute Gasteiger partial charge is 0.312 e. The molecule has 9 nitrogen and oxygen atoms in total. The highest BCUT2D eigenvalue weighted by atomic mass is 19.3. The lowest BCUT2D eigenvalue weighted by Crippen LogP contribution is -2.62. The van der Waals surface area contributed by atoms with Crippen molar-refractivity contribution in [2.75, 3.05) is 11.9 Å². The van der Waals surface area contributed by atoms with Crippen molar-refractivity contribution in [2.24, 2.45) is 5.92 Å². The van der Waals surface area contributed by atoms with Crippen molar-refractivity contribution in [1.29, 1.82) is 0 Å². The second kappa shape index (κ2) is 8.33. The molecule has 2 fully saturated rings. The number of likely N-dealkylation sites (tertiary alicyclic amines) is 1. The number of aromatic nitrogens is 3. The molecule has 2 aromatic rings. The van der Waals surface area contributed by atoms with Crippen LogP contribution in [0, 0.1) is 23.4 Å². The maximum atomic E-state index is 13.6. The molecule has 0 bridgehead atoms. The molecule has 3 N–H and O–H groups in total. The number of amides is 3. The fourth-order valence-corrected chi connectivity index (χ4v) is 4.44. The molecule has 34 heavy (non-hydrogen) atoms. The highest BCUT2D eigenvalue weighted by Gasteiger charge is 2.60. The van der Waals surface area contributed by atoms with Crippen molar-refractivity contribution < 1.29 is 36.3 Å². The number of nitrogens with zero attached hydrogens (tertiary/aromatic N) is 3. The summed E-state index contributed by atoms with van der Waals surface area (Å²) in [5.74, 6) is -11.4. The maximum Gasteiger partial charge on any atom is 0.312 e. The minimum absolute atomic E-state index is 0.00473. The normalized spacial score (nSPS) is 22.7. The van der Waals surface area contributed by atoms with Gasteiger partial charge in [0.2, 0.25) is 5.91 Å². The van der Waals surface area contributed by atoms with Crippen molar-refractivity contribution in [2.45, 2.75) is 43.7 Å². The van der Waals surface area contributed by atoms with Gasteiger partial charge in [-0.25, -0.2) is 22.0 Å². The molecule has 1 aliphatic carbocycles. The number of anilines is 1. The van der Waals surface area contributed by atoms with Crippen LogP contribution in [0.25, 0.3) is 0 Å². The zero-order chi connectivity index (χ0) is 24.8. The van der Waals surface area contributed by atoms with Gasteiger partial charge in [-0.3, -0.25) is 19.5 Å². The van der Waals surface area contributed by atoms with E-state index in [2.05, 4.69) is 26.0 Å². The minimum Gasteiger partial charge on any atom is -0.336 e. The molecule has 0 spiro atoms. The van der Waals surface area contributed by atoms with Crippen LogP contribution in [0.1, 0.15) is 31.9 Å². The number of H-pyrrole nitrogens is 1. The highest BCUT2D eigenvalue weighted by Crippen LogP contribution is 2.51. The molecule has 14 heteroatoms. The second-order valence-electron chi connectivity index (χ2n) is 8.48. The summed E-state index contributed by atoms with van der Waals surface area (Å²) in [6, 6.07) is 0.438. The number of hydrogen-bond donors (Lipinski definition) is 3. The van der Waals surface area contributed by atoms with Crippen LogP contribution in [0.5, 0.6) is 0 Å². The van der Waals surface area contributed by atoms with Crippen LogP contribution in [0.4, 0.5) is 27.6 Å². The Morgan fingerprint density at radius 1 is 1.15 bits per heavy atom. The molecule has 2 aliphatic rings. The lowest BCUT2D eigenvalue weighted by molar-refractivity contribution is -0.160. The van der Waals surface area contributed by atoms with E-state index < -0.39 is 71.4 Å². The first-order valence-corrected chi connectivity index (χ1v) is 10.3. The highest BCUT2D eigenvalue weighted by molar-refractivity contribution is 6.35. The van der Waals surface area contributed by atoms with Crippen LogP contribution in [0.3, 0.4) is 0 Å². The molecule has 1 saturated heterocycles. The van der Waals surface area contributed by atoms with Gasteiger partial charge in [-0.1, -0.05) is 5.21 Å². The lowest BCUT2D eigenvalue weighted by atomic mass is 9.71. The Bertz CT molecular complexity index is 1110. The van der Waals surface area contributed by atoms with Crippen LogP contribution in [-0.4, -0.2) is 56.5 Å². The Labute approximate surface area is 189 Å². The van der Waals surface area contributed by atoms with E-state index >= 15 is 0 Å². The predicted octanol–water partition coefficient (Wildman–Crippen LogP) is 1.84. The number of carbonyl (C=O) groups excluding carboxylic acids is 3. The van der Waals surface area contributed by atoms with Crippen molar-refractivity contribution >= 4 is 23.4 Å². The summed E-state index contributed by atoms with van der Waals surface area (Å²) >= 11 is 0. The summed E-state index contributed by atoms with van der Waals surface area (Å²) in [7, 11) is 0. The van der Waals surface area contributed by atoms with Crippen molar-refractivity contribution in [3.8, 4) is 0 Å². The van der Waals surface area contributed by atoms with Crippen LogP contribution < -0.4 is 10.6 Å². The van der Waals surface area contributed by atoms with E-state index in [4.69, 9.17) is 0 Å². The van der Waals surface area contributed by atoms with Gasteiger partial charge in [-0.15, -0.1) is 5.10 Å². The number of aromatic amines is 1. The fraction of sp³-hybridized carbons (Fsp3) is 0.450. The number of carbonyl (C=O) groups is 3. The first-order valence-electron chi connectivity index (χ1n) is 10.3. The van der Waals surface area contributed by atoms with Crippen LogP contribution in [0.15, 0.2) is 18.3 Å². The van der Waals surface area contributed by atoms with Gasteiger partial charge in [0.05, 0.1) is 11.5 Å². The van der Waals surface area contributed by atoms with Gasteiger partial charge in [0, 0.05) is 49.4 Å². The van der Waals surface area contributed by atoms with E-state index in [1.807, 2.05) is 0 Å². The number of halogens is 5. The summed E-state index contributed by atoms with van der Waals surface area (Å²) in [5.41, 5.74) is -1.80. The van der Waals surface area contributed by atoms with E-state index in [9.17, 15) is 36.3 Å². The summed E-state index contributed by atoms with van der Waals surface area (Å²) in [4.78, 5) is 39.1.